The Balaban J connectivity index is 0.000000461. The molecule has 2 radical (unpaired) electrons. The fourth-order valence-corrected chi connectivity index (χ4v) is 4.75. The minimum Gasteiger partial charge on any atom is -0.322 e. The molecular weight excluding hydrogens is 463 g/mol. The highest BCUT2D eigenvalue weighted by atomic mass is 16.1. The molecule has 0 bridgehead atoms. The molecule has 1 saturated heterocycles. The molecule has 0 amide bonds. The van der Waals surface area contributed by atoms with E-state index in [1.165, 1.54) is 81.0 Å². The number of pyridine rings is 1. The molecule has 2 unspecified atom stereocenters. The predicted molar refractivity (Wildman–Crippen MR) is 169 cm³/mol. The molecule has 2 atom stereocenters. The van der Waals surface area contributed by atoms with E-state index in [2.05, 4.69) is 69.2 Å². The van der Waals surface area contributed by atoms with Gasteiger partial charge in [-0.15, -0.1) is 0 Å². The Kier molecular flexibility index (Phi) is 17.5. The van der Waals surface area contributed by atoms with Crippen molar-refractivity contribution in [3.63, 3.8) is 0 Å². The van der Waals surface area contributed by atoms with Crippen molar-refractivity contribution >= 4 is 18.7 Å². The SMILES string of the molecule is CC.CCC.CCc1ccccc1.[B]CCCCCCCCC[N+]1(C)CC1c1cccc2[nH]c(=O)ccc12. The minimum absolute atomic E-state index is 0.0239. The van der Waals surface area contributed by atoms with E-state index in [9.17, 15) is 4.79 Å². The molecule has 0 spiro atoms. The van der Waals surface area contributed by atoms with E-state index in [-0.39, 0.29) is 5.56 Å². The normalized spacial score (nSPS) is 17.3. The fraction of sp³-hybridized carbons (Fsp3) is 0.559. The van der Waals surface area contributed by atoms with E-state index in [0.717, 1.165) is 22.7 Å². The molecule has 2 aromatic carbocycles. The van der Waals surface area contributed by atoms with Crippen molar-refractivity contribution in [3.05, 3.63) is 82.1 Å². The second kappa shape index (κ2) is 19.7. The van der Waals surface area contributed by atoms with Crippen LogP contribution in [-0.2, 0) is 6.42 Å². The summed E-state index contributed by atoms with van der Waals surface area (Å²) in [7, 11) is 7.90. The third-order valence-corrected chi connectivity index (χ3v) is 6.99. The highest BCUT2D eigenvalue weighted by Gasteiger charge is 2.52. The number of fused-ring (bicyclic) bond motifs is 1. The second-order valence-corrected chi connectivity index (χ2v) is 10.3. The van der Waals surface area contributed by atoms with Gasteiger partial charge < -0.3 is 9.47 Å². The number of quaternary nitrogens is 1. The third kappa shape index (κ3) is 12.0. The van der Waals surface area contributed by atoms with Gasteiger partial charge in [-0.3, -0.25) is 4.79 Å². The van der Waals surface area contributed by atoms with Gasteiger partial charge in [0.1, 0.15) is 6.54 Å². The molecule has 1 N–H and O–H groups in total. The van der Waals surface area contributed by atoms with Crippen molar-refractivity contribution in [1.29, 1.82) is 0 Å². The van der Waals surface area contributed by atoms with Gasteiger partial charge in [0.15, 0.2) is 6.04 Å². The first-order valence-electron chi connectivity index (χ1n) is 15.2. The molecule has 38 heavy (non-hydrogen) atoms. The molecule has 1 aliphatic heterocycles. The van der Waals surface area contributed by atoms with Crippen LogP contribution in [0, 0.1) is 0 Å². The fourth-order valence-electron chi connectivity index (χ4n) is 4.75. The Morgan fingerprint density at radius 1 is 0.816 bits per heavy atom. The van der Waals surface area contributed by atoms with Gasteiger partial charge >= 0.3 is 0 Å². The number of H-pyrrole nitrogens is 1. The second-order valence-electron chi connectivity index (χ2n) is 10.3. The molecule has 1 fully saturated rings. The summed E-state index contributed by atoms with van der Waals surface area (Å²) in [6, 6.07) is 21.0. The van der Waals surface area contributed by atoms with E-state index in [0.29, 0.717) is 6.04 Å². The van der Waals surface area contributed by atoms with Crippen LogP contribution in [0.4, 0.5) is 0 Å². The lowest BCUT2D eigenvalue weighted by atomic mass is 9.98. The lowest BCUT2D eigenvalue weighted by molar-refractivity contribution is -0.795. The van der Waals surface area contributed by atoms with E-state index < -0.39 is 0 Å². The summed E-state index contributed by atoms with van der Waals surface area (Å²) in [5.41, 5.74) is 3.73. The number of aromatic nitrogens is 1. The number of benzene rings is 2. The maximum atomic E-state index is 11.5. The quantitative estimate of drug-likeness (QED) is 0.117. The molecule has 0 saturated carbocycles. The molecule has 3 aromatic rings. The van der Waals surface area contributed by atoms with Crippen LogP contribution >= 0.6 is 0 Å². The van der Waals surface area contributed by atoms with Crippen molar-refractivity contribution in [2.45, 2.75) is 105 Å². The average Bonchev–Trinajstić information content (AvgIpc) is 3.62. The van der Waals surface area contributed by atoms with Gasteiger partial charge in [-0.05, 0) is 37.0 Å². The maximum Gasteiger partial charge on any atom is 0.248 e. The molecule has 1 aromatic heterocycles. The molecule has 208 valence electrons. The number of nitrogens with one attached hydrogen (secondary N) is 1. The smallest absolute Gasteiger partial charge is 0.248 e. The largest absolute Gasteiger partial charge is 0.322 e. The molecule has 1 aliphatic rings. The first kappa shape index (κ1) is 33.7. The molecule has 2 heterocycles. The van der Waals surface area contributed by atoms with Crippen LogP contribution in [0.2, 0.25) is 6.32 Å². The third-order valence-electron chi connectivity index (χ3n) is 6.99. The van der Waals surface area contributed by atoms with Crippen LogP contribution in [0.25, 0.3) is 10.9 Å². The van der Waals surface area contributed by atoms with Crippen LogP contribution in [0.5, 0.6) is 0 Å². The van der Waals surface area contributed by atoms with Gasteiger partial charge in [0, 0.05) is 22.5 Å². The summed E-state index contributed by atoms with van der Waals surface area (Å²) in [5.74, 6) is 0. The number of nitrogens with zero attached hydrogens (tertiary/aromatic N) is 1. The lowest BCUT2D eigenvalue weighted by Gasteiger charge is -2.15. The number of likely N-dealkylation sites (N-methyl/N-ethyl adjacent to an activating group) is 1. The van der Waals surface area contributed by atoms with Gasteiger partial charge in [0.2, 0.25) is 5.56 Å². The Morgan fingerprint density at radius 2 is 1.42 bits per heavy atom. The van der Waals surface area contributed by atoms with Crippen molar-refractivity contribution < 1.29 is 4.48 Å². The minimum atomic E-state index is -0.0239. The van der Waals surface area contributed by atoms with Crippen LogP contribution in [0.1, 0.15) is 103 Å². The summed E-state index contributed by atoms with van der Waals surface area (Å²) < 4.78 is 1.14. The zero-order chi connectivity index (χ0) is 28.2. The Morgan fingerprint density at radius 3 is 2.00 bits per heavy atom. The van der Waals surface area contributed by atoms with Crippen molar-refractivity contribution in [1.82, 2.24) is 4.98 Å². The molecule has 4 rings (SSSR count). The molecule has 0 aliphatic carbocycles. The number of rotatable bonds is 11. The van der Waals surface area contributed by atoms with Gasteiger partial charge in [-0.25, -0.2) is 0 Å². The number of hydrogen-bond donors (Lipinski definition) is 1. The molecular formula is C34H54BN2O+. The number of aryl methyl sites for hydroxylation is 1. The highest BCUT2D eigenvalue weighted by molar-refractivity contribution is 6.08. The first-order valence-corrected chi connectivity index (χ1v) is 15.2. The highest BCUT2D eigenvalue weighted by Crippen LogP contribution is 2.45. The topological polar surface area (TPSA) is 32.9 Å². The standard InChI is InChI=1S/C21H29BN2O.C8H10.C3H8.C2H6/c1-24(15-8-6-4-2-3-5-7-14-22)16-20(24)18-10-9-11-19-17(18)12-13-21(25)23-19;1-2-8-6-4-3-5-7-8;1-3-2;1-2/h9-13,20H,2-8,14-16H2,1H3;3-7H,2H2,1H3;3H2,1-2H3;1-2H3/p+1. The number of unbranched alkanes of at least 4 members (excludes halogenated alkanes) is 6. The van der Waals surface area contributed by atoms with Crippen molar-refractivity contribution in [2.24, 2.45) is 0 Å². The maximum absolute atomic E-state index is 11.5. The number of aromatic amines is 1. The zero-order valence-corrected chi connectivity index (χ0v) is 25.3. The first-order chi connectivity index (χ1) is 18.5. The van der Waals surface area contributed by atoms with Crippen LogP contribution in [0.15, 0.2) is 65.5 Å². The average molecular weight is 518 g/mol. The monoisotopic (exact) mass is 517 g/mol. The van der Waals surface area contributed by atoms with Crippen LogP contribution in [-0.4, -0.2) is 37.5 Å². The summed E-state index contributed by atoms with van der Waals surface area (Å²) in [5, 5.41) is 1.20. The number of hydrogen-bond acceptors (Lipinski definition) is 1. The van der Waals surface area contributed by atoms with Crippen LogP contribution < -0.4 is 5.56 Å². The van der Waals surface area contributed by atoms with Gasteiger partial charge in [0.05, 0.1) is 21.4 Å². The summed E-state index contributed by atoms with van der Waals surface area (Å²) in [6.07, 6.45) is 12.4. The van der Waals surface area contributed by atoms with E-state index in [4.69, 9.17) is 7.85 Å². The van der Waals surface area contributed by atoms with Gasteiger partial charge in [0.25, 0.3) is 0 Å². The summed E-state index contributed by atoms with van der Waals surface area (Å²) in [6.45, 7) is 12.9. The molecule has 4 heteroatoms. The van der Waals surface area contributed by atoms with Crippen molar-refractivity contribution in [3.8, 4) is 0 Å². The van der Waals surface area contributed by atoms with Gasteiger partial charge in [-0.1, -0.05) is 122 Å². The molecule has 3 nitrogen and oxygen atoms in total. The summed E-state index contributed by atoms with van der Waals surface area (Å²) >= 11 is 0. The van der Waals surface area contributed by atoms with Crippen molar-refractivity contribution in [2.75, 3.05) is 20.1 Å². The van der Waals surface area contributed by atoms with Crippen LogP contribution in [0.3, 0.4) is 0 Å². The van der Waals surface area contributed by atoms with Gasteiger partial charge in [-0.2, -0.15) is 0 Å². The lowest BCUT2D eigenvalue weighted by Crippen LogP contribution is -2.22. The van der Waals surface area contributed by atoms with E-state index >= 15 is 0 Å². The van der Waals surface area contributed by atoms with E-state index in [1.54, 1.807) is 6.07 Å². The Hall–Kier alpha value is -2.33. The zero-order valence-electron chi connectivity index (χ0n) is 25.3. The Bertz CT molecular complexity index is 1050. The summed E-state index contributed by atoms with van der Waals surface area (Å²) in [4.78, 5) is 14.5. The van der Waals surface area contributed by atoms with E-state index in [1.807, 2.05) is 32.0 Å². The predicted octanol–water partition coefficient (Wildman–Crippen LogP) is 9.04. The Labute approximate surface area is 235 Å².